The van der Waals surface area contributed by atoms with E-state index >= 15 is 0 Å². The van der Waals surface area contributed by atoms with Gasteiger partial charge in [-0.05, 0) is 40.4 Å². The number of thiophene rings is 1. The summed E-state index contributed by atoms with van der Waals surface area (Å²) in [6.07, 6.45) is 1.85. The minimum Gasteiger partial charge on any atom is -0.335 e. The van der Waals surface area contributed by atoms with Crippen LogP contribution in [0.25, 0.3) is 11.8 Å². The number of nitrogens with zero attached hydrogens (tertiary/aromatic N) is 6. The van der Waals surface area contributed by atoms with Crippen molar-refractivity contribution in [3.05, 3.63) is 64.1 Å². The van der Waals surface area contributed by atoms with Crippen LogP contribution in [0.4, 0.5) is 0 Å². The molecule has 1 amide bonds. The molecular weight excluding hydrogens is 372 g/mol. The van der Waals surface area contributed by atoms with E-state index in [9.17, 15) is 4.79 Å². The molecule has 2 aromatic heterocycles. The molecule has 28 heavy (non-hydrogen) atoms. The van der Waals surface area contributed by atoms with Crippen molar-refractivity contribution in [2.75, 3.05) is 26.2 Å². The number of carbonyl (C=O) groups excluding carboxylic acids is 1. The first-order valence-electron chi connectivity index (χ1n) is 9.27. The molecule has 0 aliphatic carbocycles. The molecule has 8 heteroatoms. The van der Waals surface area contributed by atoms with Gasteiger partial charge in [-0.3, -0.25) is 9.69 Å². The van der Waals surface area contributed by atoms with Crippen molar-refractivity contribution >= 4 is 29.0 Å². The maximum atomic E-state index is 13.3. The second-order valence-corrected chi connectivity index (χ2v) is 7.76. The van der Waals surface area contributed by atoms with Crippen LogP contribution in [0.3, 0.4) is 0 Å². The molecule has 0 radical (unpaired) electrons. The average molecular weight is 395 g/mol. The third-order valence-corrected chi connectivity index (χ3v) is 5.66. The summed E-state index contributed by atoms with van der Waals surface area (Å²) in [7, 11) is 0. The van der Waals surface area contributed by atoms with Crippen molar-refractivity contribution in [3.8, 4) is 0 Å². The molecular formula is C20H22N6OS. The van der Waals surface area contributed by atoms with Crippen LogP contribution in [0, 0.1) is 6.92 Å². The summed E-state index contributed by atoms with van der Waals surface area (Å²) in [4.78, 5) is 18.9. The van der Waals surface area contributed by atoms with Gasteiger partial charge in [-0.15, -0.1) is 16.4 Å². The molecule has 0 saturated carbocycles. The number of hydrogen-bond acceptors (Lipinski definition) is 6. The topological polar surface area (TPSA) is 67.2 Å². The van der Waals surface area contributed by atoms with Gasteiger partial charge in [0.15, 0.2) is 5.82 Å². The molecule has 1 aliphatic rings. The first kappa shape index (κ1) is 18.5. The second-order valence-electron chi connectivity index (χ2n) is 6.73. The minimum absolute atomic E-state index is 0.0463. The van der Waals surface area contributed by atoms with E-state index < -0.39 is 0 Å². The number of aromatic nitrogens is 4. The fourth-order valence-corrected chi connectivity index (χ4v) is 4.02. The molecule has 144 valence electrons. The summed E-state index contributed by atoms with van der Waals surface area (Å²) in [5.41, 5.74) is 1.41. The maximum absolute atomic E-state index is 13.3. The number of amides is 1. The van der Waals surface area contributed by atoms with Crippen LogP contribution in [-0.4, -0.2) is 62.1 Å². The molecule has 4 rings (SSSR count). The van der Waals surface area contributed by atoms with Crippen LogP contribution >= 0.6 is 11.3 Å². The molecule has 0 atom stereocenters. The monoisotopic (exact) mass is 394 g/mol. The van der Waals surface area contributed by atoms with Gasteiger partial charge in [0.2, 0.25) is 0 Å². The number of aryl methyl sites for hydroxylation is 1. The van der Waals surface area contributed by atoms with Crippen molar-refractivity contribution in [2.45, 2.75) is 13.5 Å². The largest absolute Gasteiger partial charge is 0.335 e. The molecule has 0 N–H and O–H groups in total. The third-order valence-electron chi connectivity index (χ3n) is 4.79. The molecule has 1 aliphatic heterocycles. The van der Waals surface area contributed by atoms with E-state index in [-0.39, 0.29) is 5.91 Å². The minimum atomic E-state index is -0.0463. The Bertz CT molecular complexity index is 942. The number of rotatable bonds is 5. The Labute approximate surface area is 167 Å². The first-order chi connectivity index (χ1) is 13.7. The molecule has 3 heterocycles. The van der Waals surface area contributed by atoms with E-state index in [1.165, 1.54) is 9.56 Å². The first-order valence-corrected chi connectivity index (χ1v) is 10.1. The molecule has 1 saturated heterocycles. The van der Waals surface area contributed by atoms with E-state index in [1.54, 1.807) is 18.3 Å². The second kappa shape index (κ2) is 8.45. The van der Waals surface area contributed by atoms with Crippen LogP contribution in [-0.2, 0) is 11.3 Å². The smallest absolute Gasteiger partial charge is 0.272 e. The van der Waals surface area contributed by atoms with Crippen LogP contribution in [0.1, 0.15) is 16.3 Å². The van der Waals surface area contributed by atoms with Crippen LogP contribution < -0.4 is 0 Å². The van der Waals surface area contributed by atoms with Crippen LogP contribution in [0.5, 0.6) is 0 Å². The van der Waals surface area contributed by atoms with E-state index in [0.717, 1.165) is 25.2 Å². The zero-order valence-corrected chi connectivity index (χ0v) is 16.5. The Morgan fingerprint density at radius 1 is 1.11 bits per heavy atom. The fourth-order valence-electron chi connectivity index (χ4n) is 3.27. The molecule has 3 aromatic rings. The van der Waals surface area contributed by atoms with Gasteiger partial charge in [-0.2, -0.15) is 4.68 Å². The van der Waals surface area contributed by atoms with Gasteiger partial charge in [0, 0.05) is 37.6 Å². The van der Waals surface area contributed by atoms with Crippen molar-refractivity contribution in [1.29, 1.82) is 0 Å². The fraction of sp³-hybridized carbons (Fsp3) is 0.300. The molecule has 0 spiro atoms. The lowest BCUT2D eigenvalue weighted by atomic mass is 10.1. The van der Waals surface area contributed by atoms with E-state index in [2.05, 4.69) is 37.9 Å². The predicted molar refractivity (Wildman–Crippen MR) is 109 cm³/mol. The SMILES string of the molecule is Cc1nnnn1C(=Cc1ccccc1)C(=O)N1CCN(Cc2cccs2)CC1. The molecule has 0 bridgehead atoms. The van der Waals surface area contributed by atoms with Crippen molar-refractivity contribution < 1.29 is 4.79 Å². The highest BCUT2D eigenvalue weighted by Crippen LogP contribution is 2.18. The predicted octanol–water partition coefficient (Wildman–Crippen LogP) is 2.39. The highest BCUT2D eigenvalue weighted by Gasteiger charge is 2.26. The molecule has 7 nitrogen and oxygen atoms in total. The Morgan fingerprint density at radius 3 is 2.54 bits per heavy atom. The van der Waals surface area contributed by atoms with Crippen molar-refractivity contribution in [3.63, 3.8) is 0 Å². The Kier molecular flexibility index (Phi) is 5.59. The Morgan fingerprint density at radius 2 is 1.89 bits per heavy atom. The number of benzene rings is 1. The van der Waals surface area contributed by atoms with Crippen molar-refractivity contribution in [2.24, 2.45) is 0 Å². The number of tetrazole rings is 1. The van der Waals surface area contributed by atoms with Gasteiger partial charge in [0.05, 0.1) is 0 Å². The van der Waals surface area contributed by atoms with Crippen molar-refractivity contribution in [1.82, 2.24) is 30.0 Å². The average Bonchev–Trinajstić information content (AvgIpc) is 3.39. The van der Waals surface area contributed by atoms with Gasteiger partial charge < -0.3 is 4.90 Å². The summed E-state index contributed by atoms with van der Waals surface area (Å²) in [5, 5.41) is 13.8. The summed E-state index contributed by atoms with van der Waals surface area (Å²) >= 11 is 1.77. The lowest BCUT2D eigenvalue weighted by molar-refractivity contribution is -0.127. The van der Waals surface area contributed by atoms with Gasteiger partial charge >= 0.3 is 0 Å². The standard InChI is InChI=1S/C20H22N6OS/c1-16-21-22-23-26(16)19(14-17-6-3-2-4-7-17)20(27)25-11-9-24(10-12-25)15-18-8-5-13-28-18/h2-8,13-14H,9-12,15H2,1H3. The number of carbonyl (C=O) groups is 1. The quantitative estimate of drug-likeness (QED) is 0.622. The summed E-state index contributed by atoms with van der Waals surface area (Å²) < 4.78 is 1.52. The summed E-state index contributed by atoms with van der Waals surface area (Å²) in [5.74, 6) is 0.543. The van der Waals surface area contributed by atoms with Gasteiger partial charge in [0.25, 0.3) is 5.91 Å². The molecule has 1 fully saturated rings. The Balaban J connectivity index is 1.50. The molecule has 0 unspecified atom stereocenters. The van der Waals surface area contributed by atoms with Crippen LogP contribution in [0.2, 0.25) is 0 Å². The lowest BCUT2D eigenvalue weighted by Crippen LogP contribution is -2.48. The highest BCUT2D eigenvalue weighted by molar-refractivity contribution is 7.09. The molecule has 1 aromatic carbocycles. The maximum Gasteiger partial charge on any atom is 0.272 e. The van der Waals surface area contributed by atoms with Gasteiger partial charge in [0.1, 0.15) is 5.70 Å². The van der Waals surface area contributed by atoms with Crippen LogP contribution in [0.15, 0.2) is 47.8 Å². The van der Waals surface area contributed by atoms with E-state index in [4.69, 9.17) is 0 Å². The summed E-state index contributed by atoms with van der Waals surface area (Å²) in [6, 6.07) is 14.0. The van der Waals surface area contributed by atoms with Gasteiger partial charge in [-0.25, -0.2) is 0 Å². The Hall–Kier alpha value is -2.84. The number of piperazine rings is 1. The van der Waals surface area contributed by atoms with Gasteiger partial charge in [-0.1, -0.05) is 36.4 Å². The summed E-state index contributed by atoms with van der Waals surface area (Å²) in [6.45, 7) is 5.84. The van der Waals surface area contributed by atoms with E-state index in [0.29, 0.717) is 24.6 Å². The van der Waals surface area contributed by atoms with E-state index in [1.807, 2.05) is 41.3 Å². The zero-order chi connectivity index (χ0) is 19.3. The zero-order valence-electron chi connectivity index (χ0n) is 15.7. The normalized spacial score (nSPS) is 15.8. The number of hydrogen-bond donors (Lipinski definition) is 0. The highest BCUT2D eigenvalue weighted by atomic mass is 32.1. The third kappa shape index (κ3) is 4.18. The lowest BCUT2D eigenvalue weighted by Gasteiger charge is -2.34.